The van der Waals surface area contributed by atoms with Crippen LogP contribution in [-0.2, 0) is 27.1 Å². The molecule has 0 unspecified atom stereocenters. The number of benzene rings is 1. The fourth-order valence-electron chi connectivity index (χ4n) is 5.46. The number of rotatable bonds is 5. The topological polar surface area (TPSA) is 200 Å². The molecule has 1 aromatic carbocycles. The molecular weight excluding hydrogens is 756 g/mol. The van der Waals surface area contributed by atoms with Gasteiger partial charge in [0.15, 0.2) is 5.69 Å². The van der Waals surface area contributed by atoms with Crippen molar-refractivity contribution in [1.82, 2.24) is 39.3 Å². The molecule has 1 aliphatic rings. The number of carboxylic acids is 2. The number of fused-ring (bicyclic) bond motifs is 4. The van der Waals surface area contributed by atoms with Gasteiger partial charge in [-0.3, -0.25) is 28.6 Å². The van der Waals surface area contributed by atoms with E-state index in [1.165, 1.54) is 52.2 Å². The third-order valence-corrected chi connectivity index (χ3v) is 8.26. The predicted octanol–water partition coefficient (Wildman–Crippen LogP) is 5.49. The minimum atomic E-state index is -5.08. The molecule has 5 heterocycles. The molecule has 1 amide bonds. The maximum atomic E-state index is 13.7. The molecule has 0 aliphatic carbocycles. The van der Waals surface area contributed by atoms with Crippen molar-refractivity contribution in [2.75, 3.05) is 5.32 Å². The maximum absolute atomic E-state index is 13.7. The van der Waals surface area contributed by atoms with Gasteiger partial charge in [0.2, 0.25) is 5.91 Å². The van der Waals surface area contributed by atoms with Gasteiger partial charge in [-0.15, -0.1) is 5.10 Å². The predicted molar refractivity (Wildman–Crippen MR) is 175 cm³/mol. The molecule has 1 aliphatic heterocycles. The number of aliphatic carboxylic acids is 2. The number of amides is 1. The number of carbonyl (C=O) groups excluding carboxylic acids is 1. The molecule has 54 heavy (non-hydrogen) atoms. The Morgan fingerprint density at radius 2 is 1.74 bits per heavy atom. The molecule has 0 saturated carbocycles. The van der Waals surface area contributed by atoms with Gasteiger partial charge in [-0.05, 0) is 43.2 Å². The zero-order valence-electron chi connectivity index (χ0n) is 27.5. The molecule has 3 N–H and O–H groups in total. The van der Waals surface area contributed by atoms with Crippen LogP contribution in [0.25, 0.3) is 28.2 Å². The fraction of sp³-hybridized carbons (Fsp3) is 0.281. The Bertz CT molecular complexity index is 2270. The Kier molecular flexibility index (Phi) is 11.2. The van der Waals surface area contributed by atoms with Crippen LogP contribution in [0.1, 0.15) is 43.6 Å². The van der Waals surface area contributed by atoms with Crippen LogP contribution in [0.5, 0.6) is 0 Å². The molecule has 4 aromatic heterocycles. The number of halogens is 7. The average molecular weight is 782 g/mol. The second-order valence-corrected chi connectivity index (χ2v) is 12.2. The van der Waals surface area contributed by atoms with E-state index in [1.54, 1.807) is 19.1 Å². The van der Waals surface area contributed by atoms with Gasteiger partial charge in [0.25, 0.3) is 5.56 Å². The monoisotopic (exact) mass is 781 g/mol. The first-order valence-corrected chi connectivity index (χ1v) is 15.9. The average Bonchev–Trinajstić information content (AvgIpc) is 3.74. The molecule has 22 heteroatoms. The summed E-state index contributed by atoms with van der Waals surface area (Å²) >= 11 is 6.23. The molecular formula is C32H26ClF6N9O6. The number of pyridine rings is 1. The molecule has 284 valence electrons. The minimum absolute atomic E-state index is 0.134. The Morgan fingerprint density at radius 1 is 1.02 bits per heavy atom. The van der Waals surface area contributed by atoms with Gasteiger partial charge in [-0.25, -0.2) is 14.5 Å². The summed E-state index contributed by atoms with van der Waals surface area (Å²) < 4.78 is 75.0. The van der Waals surface area contributed by atoms with Crippen molar-refractivity contribution in [3.63, 3.8) is 0 Å². The lowest BCUT2D eigenvalue weighted by atomic mass is 9.97. The Labute approximate surface area is 303 Å². The zero-order valence-corrected chi connectivity index (χ0v) is 28.3. The summed E-state index contributed by atoms with van der Waals surface area (Å²) in [7, 11) is 0. The van der Waals surface area contributed by atoms with Crippen LogP contribution in [0.3, 0.4) is 0 Å². The van der Waals surface area contributed by atoms with Crippen LogP contribution in [0, 0.1) is 5.92 Å². The van der Waals surface area contributed by atoms with Gasteiger partial charge in [-0.1, -0.05) is 30.2 Å². The lowest BCUT2D eigenvalue weighted by Gasteiger charge is -2.22. The van der Waals surface area contributed by atoms with Crippen molar-refractivity contribution in [2.45, 2.75) is 51.1 Å². The van der Waals surface area contributed by atoms with E-state index in [0.717, 1.165) is 10.9 Å². The van der Waals surface area contributed by atoms with Crippen molar-refractivity contribution in [3.05, 3.63) is 88.1 Å². The highest BCUT2D eigenvalue weighted by molar-refractivity contribution is 6.31. The van der Waals surface area contributed by atoms with Crippen LogP contribution in [0.15, 0.2) is 66.1 Å². The zero-order chi connectivity index (χ0) is 39.5. The number of nitrogens with zero attached hydrogens (tertiary/aromatic N) is 8. The van der Waals surface area contributed by atoms with Crippen LogP contribution < -0.4 is 10.9 Å². The quantitative estimate of drug-likeness (QED) is 0.191. The molecule has 0 saturated heterocycles. The smallest absolute Gasteiger partial charge is 0.480 e. The Hall–Kier alpha value is -6.12. The van der Waals surface area contributed by atoms with Gasteiger partial charge >= 0.3 is 24.3 Å². The molecule has 2 atom stereocenters. The number of carbonyl (C=O) groups is 3. The molecule has 0 spiro atoms. The van der Waals surface area contributed by atoms with Crippen molar-refractivity contribution in [1.29, 1.82) is 0 Å². The van der Waals surface area contributed by atoms with E-state index >= 15 is 0 Å². The van der Waals surface area contributed by atoms with Crippen LogP contribution in [-0.4, -0.2) is 73.5 Å². The molecule has 0 fully saturated rings. The first kappa shape index (κ1) is 39.1. The highest BCUT2D eigenvalue weighted by Crippen LogP contribution is 2.34. The molecule has 5 aromatic rings. The second-order valence-electron chi connectivity index (χ2n) is 11.8. The van der Waals surface area contributed by atoms with Gasteiger partial charge in [0.05, 0.1) is 53.2 Å². The summed E-state index contributed by atoms with van der Waals surface area (Å²) in [6.07, 6.45) is -3.40. The highest BCUT2D eigenvalue weighted by atomic mass is 35.5. The number of carboxylic acid groups (broad SMARTS) is 2. The number of hydrogen-bond donors (Lipinski definition) is 3. The van der Waals surface area contributed by atoms with Crippen molar-refractivity contribution >= 4 is 35.1 Å². The first-order valence-electron chi connectivity index (χ1n) is 15.6. The summed E-state index contributed by atoms with van der Waals surface area (Å²) in [5.41, 5.74) is 0.593. The summed E-state index contributed by atoms with van der Waals surface area (Å²) in [6.45, 7) is 1.32. The van der Waals surface area contributed by atoms with Gasteiger partial charge in [0, 0.05) is 34.3 Å². The Morgan fingerprint density at radius 3 is 2.37 bits per heavy atom. The minimum Gasteiger partial charge on any atom is -0.480 e. The van der Waals surface area contributed by atoms with Crippen LogP contribution in [0.4, 0.5) is 32.0 Å². The van der Waals surface area contributed by atoms with E-state index in [9.17, 15) is 45.8 Å². The van der Waals surface area contributed by atoms with Gasteiger partial charge < -0.3 is 15.5 Å². The first-order chi connectivity index (χ1) is 25.3. The van der Waals surface area contributed by atoms with Crippen molar-refractivity contribution in [2.24, 2.45) is 5.92 Å². The van der Waals surface area contributed by atoms with E-state index < -0.39 is 54.0 Å². The lowest BCUT2D eigenvalue weighted by molar-refractivity contribution is -0.192. The van der Waals surface area contributed by atoms with E-state index in [2.05, 4.69) is 30.7 Å². The molecule has 6 rings (SSSR count). The molecule has 2 bridgehead atoms. The number of aromatic nitrogens is 8. The maximum Gasteiger partial charge on any atom is 0.490 e. The number of nitrogens with one attached hydrogen (secondary N) is 1. The SMILES string of the molecule is C[C@@H]1CCC[C@H](n2cnc(-c3cc(Cl)ccc3-n3cc(C(F)(F)F)nn3)cc2=O)c2cc(ccn2)-c2c(cnn2CC(=O)O)NC1=O.O=C(O)C(F)(F)F. The highest BCUT2D eigenvalue weighted by Gasteiger charge is 2.38. The molecule has 15 nitrogen and oxygen atoms in total. The third-order valence-electron chi connectivity index (χ3n) is 8.02. The lowest BCUT2D eigenvalue weighted by Crippen LogP contribution is -2.27. The molecule has 0 radical (unpaired) electrons. The fourth-order valence-corrected chi connectivity index (χ4v) is 5.63. The second kappa shape index (κ2) is 15.5. The van der Waals surface area contributed by atoms with Crippen LogP contribution >= 0.6 is 11.6 Å². The van der Waals surface area contributed by atoms with Crippen molar-refractivity contribution < 1.29 is 50.9 Å². The third kappa shape index (κ3) is 8.90. The summed E-state index contributed by atoms with van der Waals surface area (Å²) in [5.74, 6) is -4.56. The number of anilines is 1. The van der Waals surface area contributed by atoms with Gasteiger partial charge in [0.1, 0.15) is 6.54 Å². The van der Waals surface area contributed by atoms with Gasteiger partial charge in [-0.2, -0.15) is 31.4 Å². The normalized spacial score (nSPS) is 16.2. The Balaban J connectivity index is 0.000000730. The van der Waals surface area contributed by atoms with E-state index in [0.29, 0.717) is 41.9 Å². The largest absolute Gasteiger partial charge is 0.490 e. The number of alkyl halides is 6. The number of hydrogen-bond acceptors (Lipinski definition) is 9. The van der Waals surface area contributed by atoms with Crippen LogP contribution in [0.2, 0.25) is 5.02 Å². The summed E-state index contributed by atoms with van der Waals surface area (Å²) in [6, 6.07) is 8.34. The van der Waals surface area contributed by atoms with E-state index in [-0.39, 0.29) is 27.9 Å². The summed E-state index contributed by atoms with van der Waals surface area (Å²) in [5, 5.41) is 30.7. The standard InChI is InChI=1S/C30H25ClF3N9O4.C2HF3O2/c1-16-3-2-4-24(21-9-17(7-8-35-21)28-22(38-29(16)47)12-37-43(28)14-27(45)46)41-15-36-20(11-26(41)44)19-10-18(31)5-6-23(19)42-13-25(39-40-42)30(32,33)34;3-2(4,5)1(6)7/h5-13,15-16,24H,2-4,14H2,1H3,(H,38,47)(H,45,46);(H,6,7)/t16-,24+;/m1./s1. The van der Waals surface area contributed by atoms with E-state index in [4.69, 9.17) is 21.5 Å². The van der Waals surface area contributed by atoms with Crippen molar-refractivity contribution in [3.8, 4) is 28.2 Å². The van der Waals surface area contributed by atoms with E-state index in [1.807, 2.05) is 0 Å². The summed E-state index contributed by atoms with van der Waals surface area (Å²) in [4.78, 5) is 56.2.